The van der Waals surface area contributed by atoms with Gasteiger partial charge >= 0.3 is 0 Å². The molecule has 2 rings (SSSR count). The maximum atomic E-state index is 14.0. The lowest BCUT2D eigenvalue weighted by Crippen LogP contribution is -2.41. The fourth-order valence-electron chi connectivity index (χ4n) is 2.04. The standard InChI is InChI=1S/C14H19F3N2O4S.ClH/c15-12-5-11(24(20,21)19-9-14(16,17)8-18)1-2-13(12)23-7-10-3-4-22-6-10;/h1-2,5,10,19H,3-4,6-9,18H2;1H. The minimum atomic E-state index is -4.27. The molecule has 3 N–H and O–H groups in total. The van der Waals surface area contributed by atoms with Gasteiger partial charge < -0.3 is 15.2 Å². The summed E-state index contributed by atoms with van der Waals surface area (Å²) in [6, 6.07) is 2.97. The molecule has 0 saturated carbocycles. The minimum Gasteiger partial charge on any atom is -0.490 e. The van der Waals surface area contributed by atoms with E-state index in [1.54, 1.807) is 4.72 Å². The molecule has 11 heteroatoms. The molecule has 1 aliphatic rings. The lowest BCUT2D eigenvalue weighted by Gasteiger charge is -2.15. The van der Waals surface area contributed by atoms with Crippen LogP contribution < -0.4 is 15.2 Å². The average molecular weight is 405 g/mol. The van der Waals surface area contributed by atoms with Crippen molar-refractivity contribution < 1.29 is 31.1 Å². The van der Waals surface area contributed by atoms with Crippen LogP contribution in [0, 0.1) is 11.7 Å². The Kier molecular flexibility index (Phi) is 7.94. The van der Waals surface area contributed by atoms with E-state index >= 15 is 0 Å². The van der Waals surface area contributed by atoms with E-state index < -0.39 is 39.7 Å². The van der Waals surface area contributed by atoms with Crippen LogP contribution in [0.5, 0.6) is 5.75 Å². The molecule has 0 radical (unpaired) electrons. The van der Waals surface area contributed by atoms with Crippen molar-refractivity contribution in [2.45, 2.75) is 17.2 Å². The number of halogens is 4. The molecule has 1 saturated heterocycles. The number of ether oxygens (including phenoxy) is 2. The summed E-state index contributed by atoms with van der Waals surface area (Å²) in [5.74, 6) is -4.21. The second-order valence-corrected chi connectivity index (χ2v) is 7.28. The van der Waals surface area contributed by atoms with Crippen LogP contribution in [0.3, 0.4) is 0 Å². The first-order valence-corrected chi connectivity index (χ1v) is 8.79. The summed E-state index contributed by atoms with van der Waals surface area (Å²) in [4.78, 5) is -0.468. The number of hydrogen-bond acceptors (Lipinski definition) is 5. The Balaban J connectivity index is 0.00000312. The first-order valence-electron chi connectivity index (χ1n) is 7.31. The van der Waals surface area contributed by atoms with Gasteiger partial charge in [0.1, 0.15) is 0 Å². The van der Waals surface area contributed by atoms with Crippen molar-refractivity contribution in [3.63, 3.8) is 0 Å². The highest BCUT2D eigenvalue weighted by molar-refractivity contribution is 7.89. The Morgan fingerprint density at radius 3 is 2.68 bits per heavy atom. The predicted octanol–water partition coefficient (Wildman–Crippen LogP) is 1.54. The molecule has 1 atom stereocenters. The number of nitrogens with two attached hydrogens (primary N) is 1. The van der Waals surface area contributed by atoms with Gasteiger partial charge in [-0.15, -0.1) is 12.4 Å². The van der Waals surface area contributed by atoms with Crippen LogP contribution >= 0.6 is 12.4 Å². The van der Waals surface area contributed by atoms with E-state index in [1.165, 1.54) is 0 Å². The molecule has 1 heterocycles. The zero-order valence-corrected chi connectivity index (χ0v) is 14.8. The molecule has 6 nitrogen and oxygen atoms in total. The van der Waals surface area contributed by atoms with E-state index in [1.807, 2.05) is 0 Å². The molecule has 1 unspecified atom stereocenters. The Hall–Kier alpha value is -1.07. The van der Waals surface area contributed by atoms with Gasteiger partial charge in [-0.05, 0) is 24.6 Å². The molecule has 25 heavy (non-hydrogen) atoms. The van der Waals surface area contributed by atoms with Crippen molar-refractivity contribution in [1.29, 1.82) is 0 Å². The zero-order valence-electron chi connectivity index (χ0n) is 13.2. The number of hydrogen-bond donors (Lipinski definition) is 2. The van der Waals surface area contributed by atoms with Crippen LogP contribution in [0.4, 0.5) is 13.2 Å². The van der Waals surface area contributed by atoms with Crippen molar-refractivity contribution in [2.24, 2.45) is 11.7 Å². The molecule has 1 aliphatic heterocycles. The van der Waals surface area contributed by atoms with Gasteiger partial charge in [-0.3, -0.25) is 0 Å². The van der Waals surface area contributed by atoms with Gasteiger partial charge in [-0.1, -0.05) is 0 Å². The van der Waals surface area contributed by atoms with Gasteiger partial charge in [0.15, 0.2) is 11.6 Å². The quantitative estimate of drug-likeness (QED) is 0.685. The van der Waals surface area contributed by atoms with Crippen LogP contribution in [-0.2, 0) is 14.8 Å². The second-order valence-electron chi connectivity index (χ2n) is 5.52. The molecule has 0 bridgehead atoms. The van der Waals surface area contributed by atoms with E-state index in [4.69, 9.17) is 15.2 Å². The molecule has 0 amide bonds. The van der Waals surface area contributed by atoms with Crippen molar-refractivity contribution in [3.05, 3.63) is 24.0 Å². The number of alkyl halides is 2. The lowest BCUT2D eigenvalue weighted by molar-refractivity contribution is 0.0170. The van der Waals surface area contributed by atoms with Crippen LogP contribution in [0.15, 0.2) is 23.1 Å². The summed E-state index contributed by atoms with van der Waals surface area (Å²) in [5, 5.41) is 0. The molecule has 0 aliphatic carbocycles. The topological polar surface area (TPSA) is 90.7 Å². The normalized spacial score (nSPS) is 18.0. The summed E-state index contributed by atoms with van der Waals surface area (Å²) in [6.07, 6.45) is 0.813. The first-order chi connectivity index (χ1) is 11.2. The number of rotatable bonds is 8. The Labute approximate surface area is 150 Å². The summed E-state index contributed by atoms with van der Waals surface area (Å²) in [7, 11) is -4.27. The number of sulfonamides is 1. The van der Waals surface area contributed by atoms with E-state index in [2.05, 4.69) is 0 Å². The molecule has 0 aromatic heterocycles. The van der Waals surface area contributed by atoms with Crippen molar-refractivity contribution in [3.8, 4) is 5.75 Å². The number of nitrogens with one attached hydrogen (secondary N) is 1. The SMILES string of the molecule is Cl.NCC(F)(F)CNS(=O)(=O)c1ccc(OCC2CCOC2)c(F)c1. The van der Waals surface area contributed by atoms with Gasteiger partial charge in [0.25, 0.3) is 5.92 Å². The highest BCUT2D eigenvalue weighted by Gasteiger charge is 2.29. The van der Waals surface area contributed by atoms with Crippen molar-refractivity contribution in [1.82, 2.24) is 4.72 Å². The van der Waals surface area contributed by atoms with Crippen molar-refractivity contribution >= 4 is 22.4 Å². The second kappa shape index (κ2) is 9.04. The highest BCUT2D eigenvalue weighted by atomic mass is 35.5. The van der Waals surface area contributed by atoms with E-state index in [0.29, 0.717) is 13.2 Å². The maximum Gasteiger partial charge on any atom is 0.273 e. The third-order valence-electron chi connectivity index (χ3n) is 3.53. The van der Waals surface area contributed by atoms with Gasteiger partial charge in [0, 0.05) is 12.5 Å². The third kappa shape index (κ3) is 6.30. The molecule has 0 spiro atoms. The van der Waals surface area contributed by atoms with Gasteiger partial charge in [-0.2, -0.15) is 0 Å². The summed E-state index contributed by atoms with van der Waals surface area (Å²) in [6.45, 7) is -0.737. The Morgan fingerprint density at radius 2 is 2.12 bits per heavy atom. The summed E-state index contributed by atoms with van der Waals surface area (Å²) in [5.41, 5.74) is 4.83. The highest BCUT2D eigenvalue weighted by Crippen LogP contribution is 2.23. The predicted molar refractivity (Wildman–Crippen MR) is 87.3 cm³/mol. The molecular weight excluding hydrogens is 385 g/mol. The molecule has 1 fully saturated rings. The Morgan fingerprint density at radius 1 is 1.40 bits per heavy atom. The summed E-state index contributed by atoms with van der Waals surface area (Å²) < 4.78 is 76.1. The van der Waals surface area contributed by atoms with E-state index in [9.17, 15) is 21.6 Å². The van der Waals surface area contributed by atoms with Gasteiger partial charge in [0.2, 0.25) is 10.0 Å². The maximum absolute atomic E-state index is 14.0. The largest absolute Gasteiger partial charge is 0.490 e. The Bertz CT molecular complexity index is 670. The van der Waals surface area contributed by atoms with Crippen molar-refractivity contribution in [2.75, 3.05) is 32.9 Å². The minimum absolute atomic E-state index is 0. The first kappa shape index (κ1) is 22.0. The molecule has 1 aromatic rings. The number of benzene rings is 1. The monoisotopic (exact) mass is 404 g/mol. The van der Waals surface area contributed by atoms with Crippen LogP contribution in [-0.4, -0.2) is 47.3 Å². The van der Waals surface area contributed by atoms with Crippen LogP contribution in [0.1, 0.15) is 6.42 Å². The van der Waals surface area contributed by atoms with E-state index in [-0.39, 0.29) is 30.7 Å². The fraction of sp³-hybridized carbons (Fsp3) is 0.571. The smallest absolute Gasteiger partial charge is 0.273 e. The summed E-state index contributed by atoms with van der Waals surface area (Å²) >= 11 is 0. The van der Waals surface area contributed by atoms with Gasteiger partial charge in [0.05, 0.1) is 31.2 Å². The zero-order chi connectivity index (χ0) is 17.8. The van der Waals surface area contributed by atoms with Crippen LogP contribution in [0.2, 0.25) is 0 Å². The van der Waals surface area contributed by atoms with Crippen LogP contribution in [0.25, 0.3) is 0 Å². The fourth-order valence-corrected chi connectivity index (χ4v) is 3.12. The third-order valence-corrected chi connectivity index (χ3v) is 4.93. The molecule has 144 valence electrons. The lowest BCUT2D eigenvalue weighted by atomic mass is 10.1. The van der Waals surface area contributed by atoms with Gasteiger partial charge in [-0.25, -0.2) is 26.3 Å². The molecular formula is C14H20ClF3N2O4S. The molecule has 1 aromatic carbocycles. The average Bonchev–Trinajstić information content (AvgIpc) is 3.05. The van der Waals surface area contributed by atoms with E-state index in [0.717, 1.165) is 24.6 Å².